The number of carbonyl (C=O) groups excluding carboxylic acids is 3. The van der Waals surface area contributed by atoms with Crippen LogP contribution in [0.15, 0.2) is 18.2 Å². The van der Waals surface area contributed by atoms with Gasteiger partial charge in [0.15, 0.2) is 0 Å². The van der Waals surface area contributed by atoms with Crippen LogP contribution < -0.4 is 14.8 Å². The molecule has 2 fully saturated rings. The van der Waals surface area contributed by atoms with E-state index >= 15 is 0 Å². The maximum Gasteiger partial charge on any atom is 0.408 e. The van der Waals surface area contributed by atoms with Crippen LogP contribution in [0.25, 0.3) is 11.0 Å². The molecule has 250 valence electrons. The minimum absolute atomic E-state index is 0.0180. The zero-order valence-corrected chi connectivity index (χ0v) is 27.4. The zero-order valence-electron chi connectivity index (χ0n) is 27.4. The van der Waals surface area contributed by atoms with E-state index in [1.807, 2.05) is 12.1 Å². The van der Waals surface area contributed by atoms with Crippen LogP contribution in [0.1, 0.15) is 72.4 Å². The number of hydrogen-bond acceptors (Lipinski definition) is 9. The summed E-state index contributed by atoms with van der Waals surface area (Å²) in [5.41, 5.74) is 1.12. The minimum Gasteiger partial charge on any atom is -0.497 e. The molecular weight excluding hydrogens is 594 g/mol. The Hall–Kier alpha value is -4.16. The van der Waals surface area contributed by atoms with Crippen molar-refractivity contribution in [3.8, 4) is 11.6 Å². The van der Waals surface area contributed by atoms with Gasteiger partial charge >= 0.3 is 12.1 Å². The van der Waals surface area contributed by atoms with Crippen molar-refractivity contribution < 1.29 is 38.5 Å². The van der Waals surface area contributed by atoms with E-state index in [0.717, 1.165) is 19.3 Å². The molecule has 5 rings (SSSR count). The Kier molecular flexibility index (Phi) is 9.59. The molecule has 2 bridgehead atoms. The quantitative estimate of drug-likeness (QED) is 0.497. The molecule has 1 aromatic carbocycles. The fourth-order valence-corrected chi connectivity index (χ4v) is 6.89. The molecule has 3 aliphatic rings. The van der Waals surface area contributed by atoms with Crippen LogP contribution >= 0.6 is 0 Å². The number of rotatable bonds is 2. The third-order valence-corrected chi connectivity index (χ3v) is 9.44. The number of aliphatic carboxylic acids is 1. The summed E-state index contributed by atoms with van der Waals surface area (Å²) < 4.78 is 17.7. The van der Waals surface area contributed by atoms with Gasteiger partial charge in [0.25, 0.3) is 0 Å². The average Bonchev–Trinajstić information content (AvgIpc) is 3.54. The van der Waals surface area contributed by atoms with Crippen LogP contribution in [0.4, 0.5) is 4.79 Å². The highest BCUT2D eigenvalue weighted by atomic mass is 16.6. The van der Waals surface area contributed by atoms with Gasteiger partial charge in [0.1, 0.15) is 35.7 Å². The molecule has 13 nitrogen and oxygen atoms in total. The highest BCUT2D eigenvalue weighted by Crippen LogP contribution is 2.34. The normalized spacial score (nSPS) is 27.9. The zero-order chi connectivity index (χ0) is 33.3. The largest absolute Gasteiger partial charge is 0.497 e. The van der Waals surface area contributed by atoms with E-state index in [2.05, 4.69) is 5.32 Å². The summed E-state index contributed by atoms with van der Waals surface area (Å²) in [7, 11) is 1.57. The number of nitrogens with zero attached hydrogens (tertiary/aromatic N) is 4. The number of carboxylic acid groups (broad SMARTS) is 1. The molecule has 1 aromatic heterocycles. The van der Waals surface area contributed by atoms with Crippen molar-refractivity contribution in [3.63, 3.8) is 0 Å². The number of fused-ring (bicyclic) bond motifs is 5. The molecule has 0 spiro atoms. The topological polar surface area (TPSA) is 160 Å². The molecule has 13 heteroatoms. The molecule has 3 aliphatic heterocycles. The van der Waals surface area contributed by atoms with Gasteiger partial charge in [-0.15, -0.1) is 0 Å². The molecule has 6 atom stereocenters. The summed E-state index contributed by atoms with van der Waals surface area (Å²) in [6.45, 7) is 9.11. The van der Waals surface area contributed by atoms with Crippen molar-refractivity contribution in [1.29, 1.82) is 0 Å². The summed E-state index contributed by atoms with van der Waals surface area (Å²) in [4.78, 5) is 65.2. The number of amides is 3. The second kappa shape index (κ2) is 13.3. The number of nitrogens with one attached hydrogen (secondary N) is 1. The van der Waals surface area contributed by atoms with E-state index in [1.54, 1.807) is 45.8 Å². The fourth-order valence-electron chi connectivity index (χ4n) is 6.89. The first-order valence-electron chi connectivity index (χ1n) is 16.1. The maximum atomic E-state index is 14.2. The SMILES string of the molecule is COc1ccc2nc3c(nc2c1)OC1CN(C(=O)C(C(C)(C)C)NC(=O)OC2CCN(C(C)=O)C2CCCCC3)C(C(=O)O)C1C. The molecule has 4 heterocycles. The highest BCUT2D eigenvalue weighted by Gasteiger charge is 2.50. The lowest BCUT2D eigenvalue weighted by Gasteiger charge is -2.35. The van der Waals surface area contributed by atoms with E-state index in [9.17, 15) is 24.3 Å². The van der Waals surface area contributed by atoms with Crippen molar-refractivity contribution in [2.24, 2.45) is 11.3 Å². The lowest BCUT2D eigenvalue weighted by Crippen LogP contribution is -2.57. The maximum absolute atomic E-state index is 14.2. The summed E-state index contributed by atoms with van der Waals surface area (Å²) in [5.74, 6) is -1.47. The van der Waals surface area contributed by atoms with Crippen LogP contribution in [-0.2, 0) is 25.5 Å². The molecule has 0 radical (unpaired) electrons. The molecule has 2 aromatic rings. The van der Waals surface area contributed by atoms with Gasteiger partial charge in [-0.2, -0.15) is 0 Å². The second-order valence-corrected chi connectivity index (χ2v) is 13.7. The standard InChI is InChI=1S/C33H45N5O8/c1-18-26-17-38(27(18)31(41)42)30(40)28(33(3,4)5)36-32(43)46-25-14-15-37(19(2)39)24(25)11-9-7-8-10-22-29(45-26)35-23-16-20(44-6)12-13-21(23)34-22/h12-13,16,18,24-28H,7-11,14-15,17H2,1-6H3,(H,36,43)(H,41,42). The fraction of sp³-hybridized carbons (Fsp3) is 0.636. The molecule has 2 N–H and O–H groups in total. The molecule has 3 amide bonds. The van der Waals surface area contributed by atoms with E-state index in [-0.39, 0.29) is 18.5 Å². The molecule has 0 aliphatic carbocycles. The Morgan fingerprint density at radius 1 is 1.04 bits per heavy atom. The highest BCUT2D eigenvalue weighted by molar-refractivity contribution is 5.90. The van der Waals surface area contributed by atoms with Crippen molar-refractivity contribution in [2.45, 2.75) is 103 Å². The number of ether oxygens (including phenoxy) is 3. The monoisotopic (exact) mass is 639 g/mol. The number of carbonyl (C=O) groups is 4. The first-order chi connectivity index (χ1) is 21.8. The molecule has 0 saturated carbocycles. The van der Waals surface area contributed by atoms with E-state index in [0.29, 0.717) is 54.2 Å². The van der Waals surface area contributed by atoms with Crippen LogP contribution in [-0.4, -0.2) is 99.3 Å². The van der Waals surface area contributed by atoms with Gasteiger partial charge in [-0.1, -0.05) is 40.5 Å². The number of carboxylic acids is 1. The summed E-state index contributed by atoms with van der Waals surface area (Å²) in [6, 6.07) is 2.86. The first kappa shape index (κ1) is 33.2. The van der Waals surface area contributed by atoms with Crippen LogP contribution in [0, 0.1) is 11.3 Å². The van der Waals surface area contributed by atoms with Gasteiger partial charge in [0.2, 0.25) is 17.7 Å². The summed E-state index contributed by atoms with van der Waals surface area (Å²) >= 11 is 0. The Morgan fingerprint density at radius 3 is 2.48 bits per heavy atom. The van der Waals surface area contributed by atoms with Crippen LogP contribution in [0.3, 0.4) is 0 Å². The van der Waals surface area contributed by atoms with Crippen molar-refractivity contribution in [1.82, 2.24) is 25.1 Å². The van der Waals surface area contributed by atoms with Crippen molar-refractivity contribution >= 4 is 34.9 Å². The predicted molar refractivity (Wildman–Crippen MR) is 167 cm³/mol. The Bertz CT molecular complexity index is 1490. The van der Waals surface area contributed by atoms with Gasteiger partial charge in [0, 0.05) is 31.9 Å². The van der Waals surface area contributed by atoms with E-state index in [1.165, 1.54) is 11.8 Å². The van der Waals surface area contributed by atoms with Crippen LogP contribution in [0.2, 0.25) is 0 Å². The minimum atomic E-state index is -1.19. The number of benzene rings is 1. The van der Waals surface area contributed by atoms with E-state index < -0.39 is 53.6 Å². The molecule has 46 heavy (non-hydrogen) atoms. The summed E-state index contributed by atoms with van der Waals surface area (Å²) in [6.07, 6.45) is 2.12. The first-order valence-corrected chi connectivity index (χ1v) is 16.1. The van der Waals surface area contributed by atoms with Gasteiger partial charge < -0.3 is 34.4 Å². The third-order valence-electron chi connectivity index (χ3n) is 9.44. The summed E-state index contributed by atoms with van der Waals surface area (Å²) in [5, 5.41) is 13.0. The molecule has 2 saturated heterocycles. The Balaban J connectivity index is 1.53. The third kappa shape index (κ3) is 6.82. The number of hydrogen-bond donors (Lipinski definition) is 2. The molecular formula is C33H45N5O8. The average molecular weight is 640 g/mol. The number of aryl methyl sites for hydroxylation is 1. The lowest BCUT2D eigenvalue weighted by atomic mass is 9.85. The van der Waals surface area contributed by atoms with E-state index in [4.69, 9.17) is 24.2 Å². The van der Waals surface area contributed by atoms with Gasteiger partial charge in [-0.25, -0.2) is 19.6 Å². The smallest absolute Gasteiger partial charge is 0.408 e. The number of likely N-dealkylation sites (tertiary alicyclic amines) is 1. The van der Waals surface area contributed by atoms with Crippen molar-refractivity contribution in [3.05, 3.63) is 23.9 Å². The number of methoxy groups -OCH3 is 1. The Labute approximate surface area is 269 Å². The predicted octanol–water partition coefficient (Wildman–Crippen LogP) is 3.56. The van der Waals surface area contributed by atoms with Gasteiger partial charge in [0.05, 0.1) is 30.7 Å². The number of aromatic nitrogens is 2. The Morgan fingerprint density at radius 2 is 1.80 bits per heavy atom. The molecule has 6 unspecified atom stereocenters. The van der Waals surface area contributed by atoms with Gasteiger partial charge in [-0.05, 0) is 36.8 Å². The van der Waals surface area contributed by atoms with Crippen molar-refractivity contribution in [2.75, 3.05) is 20.2 Å². The van der Waals surface area contributed by atoms with Crippen LogP contribution in [0.5, 0.6) is 11.6 Å². The lowest BCUT2D eigenvalue weighted by molar-refractivity contribution is -0.151. The van der Waals surface area contributed by atoms with Gasteiger partial charge in [-0.3, -0.25) is 9.59 Å². The second-order valence-electron chi connectivity index (χ2n) is 13.7. The number of alkyl carbamates (subject to hydrolysis) is 1.